The predicted octanol–water partition coefficient (Wildman–Crippen LogP) is 7.36. The molecule has 0 saturated heterocycles. The number of ether oxygens (including phenoxy) is 1. The lowest BCUT2D eigenvalue weighted by Gasteiger charge is -2.11. The van der Waals surface area contributed by atoms with Crippen LogP contribution in [0.1, 0.15) is 51.6 Å². The summed E-state index contributed by atoms with van der Waals surface area (Å²) in [6.45, 7) is 3.83. The fourth-order valence-corrected chi connectivity index (χ4v) is 4.07. The van der Waals surface area contributed by atoms with Gasteiger partial charge in [-0.2, -0.15) is 0 Å². The molecule has 0 amide bonds. The number of carbonyl (C=O) groups excluding carboxylic acids is 2. The number of unbranched alkanes of at least 4 members (excludes halogenated alkanes) is 1. The van der Waals surface area contributed by atoms with Crippen molar-refractivity contribution in [2.75, 3.05) is 6.61 Å². The van der Waals surface area contributed by atoms with E-state index in [0.717, 1.165) is 34.9 Å². The lowest BCUT2D eigenvalue weighted by atomic mass is 10.0. The van der Waals surface area contributed by atoms with Crippen LogP contribution in [0.25, 0.3) is 22.2 Å². The Labute approximate surface area is 208 Å². The van der Waals surface area contributed by atoms with E-state index in [2.05, 4.69) is 35.0 Å². The lowest BCUT2D eigenvalue weighted by molar-refractivity contribution is 0.0476. The third-order valence-electron chi connectivity index (χ3n) is 5.75. The van der Waals surface area contributed by atoms with Crippen LogP contribution in [0.15, 0.2) is 77.3 Å². The Hall–Kier alpha value is -3.31. The molecule has 4 aromatic rings. The molecule has 3 aromatic carbocycles. The Kier molecular flexibility index (Phi) is 7.53. The van der Waals surface area contributed by atoms with Gasteiger partial charge in [0, 0.05) is 21.0 Å². The van der Waals surface area contributed by atoms with E-state index >= 15 is 0 Å². The van der Waals surface area contributed by atoms with E-state index in [9.17, 15) is 9.59 Å². The van der Waals surface area contributed by atoms with Crippen molar-refractivity contribution in [1.82, 2.24) is 4.98 Å². The van der Waals surface area contributed by atoms with Gasteiger partial charge in [-0.25, -0.2) is 9.78 Å². The Morgan fingerprint density at radius 3 is 2.38 bits per heavy atom. The van der Waals surface area contributed by atoms with Crippen molar-refractivity contribution in [3.05, 3.63) is 99.5 Å². The molecule has 0 saturated carbocycles. The highest BCUT2D eigenvalue weighted by Gasteiger charge is 2.17. The molecule has 5 heteroatoms. The molecule has 0 atom stereocenters. The number of carbonyl (C=O) groups is 2. The summed E-state index contributed by atoms with van der Waals surface area (Å²) in [6, 6.07) is 22.8. The molecule has 0 radical (unpaired) electrons. The normalized spacial score (nSPS) is 10.9. The molecule has 0 aliphatic carbocycles. The quantitative estimate of drug-likeness (QED) is 0.181. The molecule has 4 nitrogen and oxygen atoms in total. The number of rotatable bonds is 8. The molecule has 0 aliphatic heterocycles. The number of Topliss-reactive ketones (excluding diaryl/α,β-unsaturated/α-hetero) is 1. The standard InChI is InChI=1S/C29H26BrNO3/c1-3-4-5-20-7-9-21(10-8-20)27-17-25(24-16-19(2)6-15-26(24)31-27)29(33)34-18-28(32)22-11-13-23(30)14-12-22/h6-17H,3-5,18H2,1-2H3. The van der Waals surface area contributed by atoms with Gasteiger partial charge in [0.2, 0.25) is 0 Å². The van der Waals surface area contributed by atoms with Crippen LogP contribution >= 0.6 is 15.9 Å². The topological polar surface area (TPSA) is 56.3 Å². The van der Waals surface area contributed by atoms with Gasteiger partial charge in [-0.05, 0) is 55.7 Å². The number of benzene rings is 3. The molecule has 0 unspecified atom stereocenters. The minimum absolute atomic E-state index is 0.252. The van der Waals surface area contributed by atoms with E-state index in [4.69, 9.17) is 9.72 Å². The third-order valence-corrected chi connectivity index (χ3v) is 6.28. The first-order chi connectivity index (χ1) is 16.4. The van der Waals surface area contributed by atoms with E-state index in [0.29, 0.717) is 27.7 Å². The zero-order chi connectivity index (χ0) is 24.1. The second kappa shape index (κ2) is 10.7. The van der Waals surface area contributed by atoms with Crippen molar-refractivity contribution < 1.29 is 14.3 Å². The average Bonchev–Trinajstić information content (AvgIpc) is 2.86. The van der Waals surface area contributed by atoms with Gasteiger partial charge in [0.15, 0.2) is 12.4 Å². The summed E-state index contributed by atoms with van der Waals surface area (Å²) in [7, 11) is 0. The third kappa shape index (κ3) is 5.60. The summed E-state index contributed by atoms with van der Waals surface area (Å²) >= 11 is 3.35. The highest BCUT2D eigenvalue weighted by Crippen LogP contribution is 2.27. The van der Waals surface area contributed by atoms with Gasteiger partial charge in [0.25, 0.3) is 0 Å². The number of fused-ring (bicyclic) bond motifs is 1. The Balaban J connectivity index is 1.62. The zero-order valence-electron chi connectivity index (χ0n) is 19.3. The van der Waals surface area contributed by atoms with E-state index in [1.807, 2.05) is 37.3 Å². The fraction of sp³-hybridized carbons (Fsp3) is 0.207. The first kappa shape index (κ1) is 23.8. The number of pyridine rings is 1. The summed E-state index contributed by atoms with van der Waals surface area (Å²) in [5.41, 5.74) is 5.55. The largest absolute Gasteiger partial charge is 0.454 e. The Bertz CT molecular complexity index is 1330. The first-order valence-electron chi connectivity index (χ1n) is 11.4. The first-order valence-corrected chi connectivity index (χ1v) is 12.2. The van der Waals surface area contributed by atoms with Crippen LogP contribution in [-0.2, 0) is 11.2 Å². The molecule has 0 N–H and O–H groups in total. The molecular weight excluding hydrogens is 490 g/mol. The maximum atomic E-state index is 13.1. The number of esters is 1. The number of ketones is 1. The number of hydrogen-bond donors (Lipinski definition) is 0. The van der Waals surface area contributed by atoms with E-state index in [1.165, 1.54) is 5.56 Å². The molecule has 0 spiro atoms. The Morgan fingerprint density at radius 1 is 0.941 bits per heavy atom. The van der Waals surface area contributed by atoms with E-state index in [1.54, 1.807) is 30.3 Å². The van der Waals surface area contributed by atoms with Crippen LogP contribution < -0.4 is 0 Å². The number of hydrogen-bond acceptors (Lipinski definition) is 4. The summed E-state index contributed by atoms with van der Waals surface area (Å²) in [6.07, 6.45) is 3.36. The molecule has 172 valence electrons. The van der Waals surface area contributed by atoms with Crippen molar-refractivity contribution in [2.45, 2.75) is 33.1 Å². The number of aromatic nitrogens is 1. The second-order valence-electron chi connectivity index (χ2n) is 8.38. The zero-order valence-corrected chi connectivity index (χ0v) is 20.9. The number of aryl methyl sites for hydroxylation is 2. The van der Waals surface area contributed by atoms with Gasteiger partial charge in [0.05, 0.1) is 16.8 Å². The average molecular weight is 516 g/mol. The Morgan fingerprint density at radius 2 is 1.68 bits per heavy atom. The van der Waals surface area contributed by atoms with Crippen LogP contribution in [0.5, 0.6) is 0 Å². The molecule has 4 rings (SSSR count). The van der Waals surface area contributed by atoms with Crippen LogP contribution in [0, 0.1) is 6.92 Å². The van der Waals surface area contributed by atoms with Crippen LogP contribution in [0.4, 0.5) is 0 Å². The summed E-state index contributed by atoms with van der Waals surface area (Å²) < 4.78 is 6.33. The van der Waals surface area contributed by atoms with Gasteiger partial charge in [-0.15, -0.1) is 0 Å². The summed E-state index contributed by atoms with van der Waals surface area (Å²) in [5.74, 6) is -0.789. The monoisotopic (exact) mass is 515 g/mol. The highest BCUT2D eigenvalue weighted by atomic mass is 79.9. The van der Waals surface area contributed by atoms with Crippen LogP contribution in [-0.4, -0.2) is 23.3 Å². The summed E-state index contributed by atoms with van der Waals surface area (Å²) in [4.78, 5) is 30.4. The SMILES string of the molecule is CCCCc1ccc(-c2cc(C(=O)OCC(=O)c3ccc(Br)cc3)c3cc(C)ccc3n2)cc1. The predicted molar refractivity (Wildman–Crippen MR) is 139 cm³/mol. The van der Waals surface area contributed by atoms with Gasteiger partial charge >= 0.3 is 5.97 Å². The second-order valence-corrected chi connectivity index (χ2v) is 9.30. The number of nitrogens with zero attached hydrogens (tertiary/aromatic N) is 1. The maximum absolute atomic E-state index is 13.1. The maximum Gasteiger partial charge on any atom is 0.339 e. The molecule has 1 heterocycles. The molecular formula is C29H26BrNO3. The van der Waals surface area contributed by atoms with Crippen LogP contribution in [0.3, 0.4) is 0 Å². The molecule has 0 bridgehead atoms. The van der Waals surface area contributed by atoms with Crippen molar-refractivity contribution in [1.29, 1.82) is 0 Å². The van der Waals surface area contributed by atoms with Crippen molar-refractivity contribution >= 4 is 38.6 Å². The molecule has 0 fully saturated rings. The van der Waals surface area contributed by atoms with Crippen LogP contribution in [0.2, 0.25) is 0 Å². The molecule has 34 heavy (non-hydrogen) atoms. The molecule has 0 aliphatic rings. The summed E-state index contributed by atoms with van der Waals surface area (Å²) in [5, 5.41) is 0.712. The van der Waals surface area contributed by atoms with Crippen molar-refractivity contribution in [3.8, 4) is 11.3 Å². The van der Waals surface area contributed by atoms with Gasteiger partial charge in [-0.1, -0.05) is 77.3 Å². The van der Waals surface area contributed by atoms with E-state index in [-0.39, 0.29) is 12.4 Å². The minimum Gasteiger partial charge on any atom is -0.454 e. The minimum atomic E-state index is -0.538. The number of halogens is 1. The van der Waals surface area contributed by atoms with Crippen molar-refractivity contribution in [3.63, 3.8) is 0 Å². The smallest absolute Gasteiger partial charge is 0.339 e. The van der Waals surface area contributed by atoms with Gasteiger partial charge < -0.3 is 4.74 Å². The van der Waals surface area contributed by atoms with Gasteiger partial charge in [-0.3, -0.25) is 4.79 Å². The van der Waals surface area contributed by atoms with E-state index < -0.39 is 5.97 Å². The van der Waals surface area contributed by atoms with Crippen molar-refractivity contribution in [2.24, 2.45) is 0 Å². The molecule has 1 aromatic heterocycles. The fourth-order valence-electron chi connectivity index (χ4n) is 3.81. The lowest BCUT2D eigenvalue weighted by Crippen LogP contribution is -2.15. The van der Waals surface area contributed by atoms with Gasteiger partial charge in [0.1, 0.15) is 0 Å². The highest BCUT2D eigenvalue weighted by molar-refractivity contribution is 9.10.